The lowest BCUT2D eigenvalue weighted by molar-refractivity contribution is -0.136. The maximum Gasteiger partial charge on any atom is 0.267 e. The molecule has 0 saturated carbocycles. The van der Waals surface area contributed by atoms with E-state index in [4.69, 9.17) is 11.6 Å². The van der Waals surface area contributed by atoms with Crippen LogP contribution in [0.4, 0.5) is 22.5 Å². The monoisotopic (exact) mass is 797 g/mol. The Hall–Kier alpha value is -5.74. The summed E-state index contributed by atoms with van der Waals surface area (Å²) in [6.45, 7) is 5.99. The Bertz CT molecular complexity index is 2220. The van der Waals surface area contributed by atoms with Crippen molar-refractivity contribution in [1.82, 2.24) is 30.1 Å². The van der Waals surface area contributed by atoms with Crippen molar-refractivity contribution < 1.29 is 28.8 Å². The molecule has 56 heavy (non-hydrogen) atoms. The first-order valence-electron chi connectivity index (χ1n) is 18.5. The van der Waals surface area contributed by atoms with Crippen molar-refractivity contribution in [3.8, 4) is 0 Å². The molecule has 15 nitrogen and oxygen atoms in total. The fourth-order valence-electron chi connectivity index (χ4n) is 7.19. The summed E-state index contributed by atoms with van der Waals surface area (Å²) in [5, 5.41) is 9.23. The molecule has 3 aliphatic heterocycles. The van der Waals surface area contributed by atoms with Crippen molar-refractivity contribution in [2.75, 3.05) is 41.7 Å². The van der Waals surface area contributed by atoms with Gasteiger partial charge < -0.3 is 20.4 Å². The number of piperidine rings is 1. The summed E-state index contributed by atoms with van der Waals surface area (Å²) in [5.74, 6) is -0.468. The molecule has 2 fully saturated rings. The van der Waals surface area contributed by atoms with Gasteiger partial charge in [-0.3, -0.25) is 39.0 Å². The van der Waals surface area contributed by atoms with Gasteiger partial charge >= 0.3 is 0 Å². The van der Waals surface area contributed by atoms with Crippen LogP contribution in [0.15, 0.2) is 48.7 Å². The number of aromatic nitrogens is 3. The number of carbonyl (C=O) groups is 6. The molecule has 17 heteroatoms. The second-order valence-electron chi connectivity index (χ2n) is 13.9. The van der Waals surface area contributed by atoms with Gasteiger partial charge in [-0.1, -0.05) is 53.6 Å². The zero-order valence-electron chi connectivity index (χ0n) is 30.9. The third kappa shape index (κ3) is 8.26. The van der Waals surface area contributed by atoms with E-state index >= 15 is 0 Å². The van der Waals surface area contributed by atoms with Crippen molar-refractivity contribution in [2.24, 2.45) is 0 Å². The summed E-state index contributed by atoms with van der Waals surface area (Å²) >= 11 is 7.47. The number of nitrogens with zero attached hydrogens (tertiary/aromatic N) is 6. The first-order valence-corrected chi connectivity index (χ1v) is 19.7. The summed E-state index contributed by atoms with van der Waals surface area (Å²) in [5.41, 5.74) is 2.74. The highest BCUT2D eigenvalue weighted by molar-refractivity contribution is 7.17. The van der Waals surface area contributed by atoms with Crippen molar-refractivity contribution in [2.45, 2.75) is 64.8 Å². The Kier molecular flexibility index (Phi) is 11.4. The summed E-state index contributed by atoms with van der Waals surface area (Å²) < 4.78 is 0. The minimum Gasteiger partial charge on any atom is -0.353 e. The summed E-state index contributed by atoms with van der Waals surface area (Å²) in [6.07, 6.45) is 4.80. The van der Waals surface area contributed by atoms with Gasteiger partial charge in [-0.25, -0.2) is 15.0 Å². The van der Waals surface area contributed by atoms with E-state index in [-0.39, 0.29) is 30.2 Å². The quantitative estimate of drug-likeness (QED) is 0.129. The molecule has 0 radical (unpaired) electrons. The van der Waals surface area contributed by atoms with E-state index < -0.39 is 29.7 Å². The standard InChI is InChI=1S/C39H40ClN9O6S/c1-22-8-6-12-26(40)34(22)46-36(53)28-21-41-39(56-28)44-29-20-30(43-23(2)42-29)47-16-18-48(19-17-47)32(51)13-5-3-4-9-24-10-7-11-25-33(24)38(55)49(37(25)54)27-14-15-31(50)45-35(27)52/h6-8,10-12,20-21,27H,3-5,9,13-19H2,1-2H3,(H,46,53)(H,45,50,52)(H,41,42,43,44). The highest BCUT2D eigenvalue weighted by Crippen LogP contribution is 2.32. The van der Waals surface area contributed by atoms with Crippen LogP contribution in [0.2, 0.25) is 5.02 Å². The molecule has 0 aliphatic carbocycles. The Morgan fingerprint density at radius 2 is 1.75 bits per heavy atom. The molecule has 2 saturated heterocycles. The Morgan fingerprint density at radius 1 is 0.964 bits per heavy atom. The summed E-state index contributed by atoms with van der Waals surface area (Å²) in [6, 6.07) is 11.4. The van der Waals surface area contributed by atoms with Crippen LogP contribution in [-0.2, 0) is 20.8 Å². The minimum atomic E-state index is -1.00. The van der Waals surface area contributed by atoms with E-state index in [0.717, 1.165) is 34.7 Å². The number of rotatable bonds is 12. The number of carbonyl (C=O) groups excluding carboxylic acids is 6. The van der Waals surface area contributed by atoms with Crippen molar-refractivity contribution in [1.29, 1.82) is 0 Å². The predicted molar refractivity (Wildman–Crippen MR) is 210 cm³/mol. The zero-order valence-corrected chi connectivity index (χ0v) is 32.5. The van der Waals surface area contributed by atoms with Crippen LogP contribution < -0.4 is 20.9 Å². The van der Waals surface area contributed by atoms with Gasteiger partial charge in [0, 0.05) is 45.1 Å². The molecule has 3 aliphatic rings. The van der Waals surface area contributed by atoms with Gasteiger partial charge in [0.1, 0.15) is 28.4 Å². The lowest BCUT2D eigenvalue weighted by Crippen LogP contribution is -2.54. The van der Waals surface area contributed by atoms with Crippen LogP contribution >= 0.6 is 22.9 Å². The number of amides is 6. The van der Waals surface area contributed by atoms with Gasteiger partial charge in [-0.05, 0) is 62.8 Å². The van der Waals surface area contributed by atoms with Crippen molar-refractivity contribution >= 4 is 80.8 Å². The van der Waals surface area contributed by atoms with Crippen LogP contribution in [0.25, 0.3) is 0 Å². The molecule has 2 aromatic carbocycles. The summed E-state index contributed by atoms with van der Waals surface area (Å²) in [7, 11) is 0. The molecule has 2 aromatic heterocycles. The Morgan fingerprint density at radius 3 is 2.52 bits per heavy atom. The average Bonchev–Trinajstić information content (AvgIpc) is 3.74. The topological polar surface area (TPSA) is 187 Å². The van der Waals surface area contributed by atoms with E-state index in [2.05, 4.69) is 35.8 Å². The largest absolute Gasteiger partial charge is 0.353 e. The van der Waals surface area contributed by atoms with Crippen molar-refractivity contribution in [3.05, 3.63) is 86.6 Å². The molecule has 1 atom stereocenters. The lowest BCUT2D eigenvalue weighted by Gasteiger charge is -2.35. The molecule has 0 spiro atoms. The smallest absolute Gasteiger partial charge is 0.267 e. The molecule has 7 rings (SSSR count). The van der Waals surface area contributed by atoms with E-state index in [9.17, 15) is 28.8 Å². The van der Waals surface area contributed by atoms with E-state index in [1.54, 1.807) is 25.1 Å². The Balaban J connectivity index is 0.864. The maximum absolute atomic E-state index is 13.4. The molecular weight excluding hydrogens is 758 g/mol. The van der Waals surface area contributed by atoms with E-state index in [1.165, 1.54) is 17.5 Å². The number of nitrogens with one attached hydrogen (secondary N) is 3. The van der Waals surface area contributed by atoms with Gasteiger partial charge in [0.25, 0.3) is 17.7 Å². The zero-order chi connectivity index (χ0) is 39.5. The predicted octanol–water partition coefficient (Wildman–Crippen LogP) is 5.05. The maximum atomic E-state index is 13.4. The normalized spacial score (nSPS) is 16.9. The van der Waals surface area contributed by atoms with Crippen molar-refractivity contribution in [3.63, 3.8) is 0 Å². The van der Waals surface area contributed by atoms with Crippen LogP contribution in [0.5, 0.6) is 0 Å². The lowest BCUT2D eigenvalue weighted by atomic mass is 9.97. The van der Waals surface area contributed by atoms with Gasteiger partial charge in [0.2, 0.25) is 17.7 Å². The van der Waals surface area contributed by atoms with Crippen LogP contribution in [0.1, 0.15) is 85.9 Å². The number of benzene rings is 2. The number of aryl methyl sites for hydroxylation is 3. The fourth-order valence-corrected chi connectivity index (χ4v) is 8.18. The van der Waals surface area contributed by atoms with Gasteiger partial charge in [-0.2, -0.15) is 0 Å². The third-order valence-electron chi connectivity index (χ3n) is 10.1. The Labute approximate surface area is 331 Å². The summed E-state index contributed by atoms with van der Waals surface area (Å²) in [4.78, 5) is 95.5. The number of piperazine rings is 1. The van der Waals surface area contributed by atoms with Crippen LogP contribution in [-0.4, -0.2) is 92.4 Å². The molecule has 3 N–H and O–H groups in total. The van der Waals surface area contributed by atoms with E-state index in [1.807, 2.05) is 36.1 Å². The molecule has 1 unspecified atom stereocenters. The van der Waals surface area contributed by atoms with Gasteiger partial charge in [0.05, 0.1) is 28.0 Å². The first kappa shape index (κ1) is 38.5. The number of hydrogen-bond acceptors (Lipinski definition) is 12. The molecule has 5 heterocycles. The minimum absolute atomic E-state index is 0.0676. The van der Waals surface area contributed by atoms with E-state index in [0.29, 0.717) is 83.4 Å². The second-order valence-corrected chi connectivity index (χ2v) is 15.4. The second kappa shape index (κ2) is 16.5. The highest BCUT2D eigenvalue weighted by Gasteiger charge is 2.45. The number of hydrogen-bond donors (Lipinski definition) is 3. The van der Waals surface area contributed by atoms with Crippen LogP contribution in [0, 0.1) is 13.8 Å². The SMILES string of the molecule is Cc1nc(Nc2ncc(C(=O)Nc3c(C)cccc3Cl)s2)cc(N2CCN(C(=O)CCCCCc3cccc4c3C(=O)N(C3CCC(=O)NC3=O)C4=O)CC2)n1. The molecule has 290 valence electrons. The van der Waals surface area contributed by atoms with Crippen LogP contribution in [0.3, 0.4) is 0 Å². The molecule has 6 amide bonds. The third-order valence-corrected chi connectivity index (χ3v) is 11.3. The number of fused-ring (bicyclic) bond motifs is 1. The number of anilines is 4. The van der Waals surface area contributed by atoms with Gasteiger partial charge in [0.15, 0.2) is 5.13 Å². The average molecular weight is 798 g/mol. The number of imide groups is 2. The number of thiazole rings is 1. The molecule has 0 bridgehead atoms. The molecular formula is C39H40ClN9O6S. The first-order chi connectivity index (χ1) is 27.0. The number of unbranched alkanes of at least 4 members (excludes halogenated alkanes) is 2. The van der Waals surface area contributed by atoms with Gasteiger partial charge in [-0.15, -0.1) is 0 Å². The molecule has 4 aromatic rings. The fraction of sp³-hybridized carbons (Fsp3) is 0.359. The number of halogens is 1. The highest BCUT2D eigenvalue weighted by atomic mass is 35.5. The number of para-hydroxylation sites is 1.